The van der Waals surface area contributed by atoms with Crippen LogP contribution in [0.15, 0.2) is 43.2 Å². The molecule has 0 bridgehead atoms. The van der Waals surface area contributed by atoms with Crippen molar-refractivity contribution in [3.05, 3.63) is 54.8 Å². The number of hydrogen-bond donors (Lipinski definition) is 3. The first-order chi connectivity index (χ1) is 15.6. The van der Waals surface area contributed by atoms with E-state index >= 15 is 0 Å². The van der Waals surface area contributed by atoms with Crippen LogP contribution in [0.5, 0.6) is 0 Å². The highest BCUT2D eigenvalue weighted by Gasteiger charge is 2.25. The van der Waals surface area contributed by atoms with Gasteiger partial charge in [-0.3, -0.25) is 4.79 Å². The summed E-state index contributed by atoms with van der Waals surface area (Å²) in [6.45, 7) is 0. The quantitative estimate of drug-likeness (QED) is 0.445. The average molecular weight is 434 g/mol. The maximum absolute atomic E-state index is 14.5. The largest absolute Gasteiger partial charge is 0.365 e. The highest BCUT2D eigenvalue weighted by Crippen LogP contribution is 2.27. The molecule has 0 radical (unpaired) electrons. The molecule has 9 nitrogen and oxygen atoms in total. The summed E-state index contributed by atoms with van der Waals surface area (Å²) in [7, 11) is 1.84. The molecule has 4 heterocycles. The molecule has 3 N–H and O–H groups in total. The number of amides is 1. The number of carbonyl (C=O) groups is 1. The third-order valence-corrected chi connectivity index (χ3v) is 5.87. The molecule has 0 aliphatic heterocycles. The van der Waals surface area contributed by atoms with Crippen molar-refractivity contribution in [3.8, 4) is 11.4 Å². The summed E-state index contributed by atoms with van der Waals surface area (Å²) in [6, 6.07) is 3.64. The van der Waals surface area contributed by atoms with E-state index in [1.165, 1.54) is 12.5 Å². The van der Waals surface area contributed by atoms with E-state index in [-0.39, 0.29) is 23.8 Å². The van der Waals surface area contributed by atoms with Crippen molar-refractivity contribution < 1.29 is 9.18 Å². The second kappa shape index (κ2) is 8.37. The van der Waals surface area contributed by atoms with Gasteiger partial charge in [-0.1, -0.05) is 0 Å². The van der Waals surface area contributed by atoms with Crippen molar-refractivity contribution in [2.24, 2.45) is 7.05 Å². The fraction of sp³-hybridized carbons (Fsp3) is 0.318. The summed E-state index contributed by atoms with van der Waals surface area (Å²) in [5, 5.41) is 7.10. The van der Waals surface area contributed by atoms with Crippen LogP contribution in [0.1, 0.15) is 36.2 Å². The summed E-state index contributed by atoms with van der Waals surface area (Å²) in [6.07, 6.45) is 11.3. The molecule has 0 spiro atoms. The van der Waals surface area contributed by atoms with E-state index in [9.17, 15) is 9.18 Å². The molecule has 1 aliphatic carbocycles. The van der Waals surface area contributed by atoms with Gasteiger partial charge in [0.1, 0.15) is 17.7 Å². The van der Waals surface area contributed by atoms with Crippen LogP contribution in [0.4, 0.5) is 10.2 Å². The second-order valence-electron chi connectivity index (χ2n) is 8.06. The van der Waals surface area contributed by atoms with Crippen molar-refractivity contribution in [1.29, 1.82) is 0 Å². The highest BCUT2D eigenvalue weighted by molar-refractivity contribution is 5.93. The Balaban J connectivity index is 1.31. The standard InChI is InChI=1S/C22H23FN8O/c1-31-7-3-6-18(31)22(32)29-14-5-2-4-13(8-14)28-21-17(23)11-26-20(30-21)16-10-25-19-15(16)9-24-12-27-19/h3,6-7,9-14H,2,4-5,8H2,1H3,(H,29,32)(H,24,25,27)(H,26,28,30)/t13-,14+/m1/s1. The monoisotopic (exact) mass is 434 g/mol. The van der Waals surface area contributed by atoms with Crippen LogP contribution in [-0.2, 0) is 7.05 Å². The molecule has 1 amide bonds. The van der Waals surface area contributed by atoms with Gasteiger partial charge in [-0.15, -0.1) is 0 Å². The normalized spacial score (nSPS) is 18.6. The molecule has 4 aromatic rings. The predicted octanol–water partition coefficient (Wildman–Crippen LogP) is 3.05. The summed E-state index contributed by atoms with van der Waals surface area (Å²) < 4.78 is 16.3. The number of rotatable bonds is 5. The van der Waals surface area contributed by atoms with Gasteiger partial charge in [0.25, 0.3) is 5.91 Å². The van der Waals surface area contributed by atoms with Crippen LogP contribution in [0.2, 0.25) is 0 Å². The van der Waals surface area contributed by atoms with Gasteiger partial charge in [-0.25, -0.2) is 24.3 Å². The Bertz CT molecular complexity index is 1270. The van der Waals surface area contributed by atoms with Gasteiger partial charge in [-0.2, -0.15) is 0 Å². The van der Waals surface area contributed by atoms with Crippen LogP contribution in [0, 0.1) is 5.82 Å². The molecule has 1 saturated carbocycles. The number of fused-ring (bicyclic) bond motifs is 1. The van der Waals surface area contributed by atoms with Crippen molar-refractivity contribution >= 4 is 22.8 Å². The topological polar surface area (TPSA) is 113 Å². The Morgan fingerprint density at radius 3 is 2.97 bits per heavy atom. The highest BCUT2D eigenvalue weighted by atomic mass is 19.1. The van der Waals surface area contributed by atoms with E-state index < -0.39 is 5.82 Å². The summed E-state index contributed by atoms with van der Waals surface area (Å²) in [4.78, 5) is 32.4. The van der Waals surface area contributed by atoms with Crippen molar-refractivity contribution in [2.45, 2.75) is 37.8 Å². The molecule has 164 valence electrons. The van der Waals surface area contributed by atoms with Crippen molar-refractivity contribution in [2.75, 3.05) is 5.32 Å². The second-order valence-corrected chi connectivity index (χ2v) is 8.06. The molecule has 2 atom stereocenters. The zero-order valence-electron chi connectivity index (χ0n) is 17.5. The minimum atomic E-state index is -0.514. The lowest BCUT2D eigenvalue weighted by molar-refractivity contribution is 0.0918. The van der Waals surface area contributed by atoms with Crippen molar-refractivity contribution in [1.82, 2.24) is 34.8 Å². The molecule has 1 fully saturated rings. The number of halogens is 1. The lowest BCUT2D eigenvalue weighted by Gasteiger charge is -2.30. The van der Waals surface area contributed by atoms with Crippen LogP contribution >= 0.6 is 0 Å². The Kier molecular flexibility index (Phi) is 5.26. The van der Waals surface area contributed by atoms with E-state index in [2.05, 4.69) is 35.6 Å². The minimum absolute atomic E-state index is 0.00832. The fourth-order valence-electron chi connectivity index (χ4n) is 4.24. The smallest absolute Gasteiger partial charge is 0.268 e. The van der Waals surface area contributed by atoms with E-state index in [1.807, 2.05) is 19.3 Å². The summed E-state index contributed by atoms with van der Waals surface area (Å²) in [5.41, 5.74) is 2.00. The number of aromatic amines is 1. The number of aromatic nitrogens is 6. The van der Waals surface area contributed by atoms with E-state index in [1.54, 1.807) is 23.0 Å². The first kappa shape index (κ1) is 20.1. The zero-order valence-corrected chi connectivity index (χ0v) is 17.5. The number of H-pyrrole nitrogens is 1. The third kappa shape index (κ3) is 3.91. The maximum Gasteiger partial charge on any atom is 0.268 e. The maximum atomic E-state index is 14.5. The van der Waals surface area contributed by atoms with Crippen LogP contribution < -0.4 is 10.6 Å². The molecule has 0 unspecified atom stereocenters. The van der Waals surface area contributed by atoms with Crippen LogP contribution in [-0.4, -0.2) is 47.5 Å². The molecule has 32 heavy (non-hydrogen) atoms. The number of carbonyl (C=O) groups excluding carboxylic acids is 1. The number of nitrogens with one attached hydrogen (secondary N) is 3. The zero-order chi connectivity index (χ0) is 22.1. The first-order valence-electron chi connectivity index (χ1n) is 10.6. The molecule has 0 aromatic carbocycles. The van der Waals surface area contributed by atoms with Gasteiger partial charge < -0.3 is 20.2 Å². The van der Waals surface area contributed by atoms with Gasteiger partial charge >= 0.3 is 0 Å². The van der Waals surface area contributed by atoms with E-state index in [0.29, 0.717) is 29.1 Å². The number of aryl methyl sites for hydroxylation is 1. The van der Waals surface area contributed by atoms with Gasteiger partial charge in [0.05, 0.1) is 6.20 Å². The Hall–Kier alpha value is -3.82. The number of anilines is 1. The van der Waals surface area contributed by atoms with E-state index in [4.69, 9.17) is 0 Å². The third-order valence-electron chi connectivity index (χ3n) is 5.87. The summed E-state index contributed by atoms with van der Waals surface area (Å²) in [5.74, 6) is -0.0695. The van der Waals surface area contributed by atoms with Gasteiger partial charge in [-0.05, 0) is 37.8 Å². The molecule has 10 heteroatoms. The molecule has 5 rings (SSSR count). The Morgan fingerprint density at radius 2 is 2.12 bits per heavy atom. The Morgan fingerprint density at radius 1 is 1.25 bits per heavy atom. The number of hydrogen-bond acceptors (Lipinski definition) is 6. The fourth-order valence-corrected chi connectivity index (χ4v) is 4.24. The lowest BCUT2D eigenvalue weighted by atomic mass is 9.91. The van der Waals surface area contributed by atoms with Gasteiger partial charge in [0.2, 0.25) is 0 Å². The number of nitrogens with zero attached hydrogens (tertiary/aromatic N) is 5. The van der Waals surface area contributed by atoms with Crippen LogP contribution in [0.3, 0.4) is 0 Å². The first-order valence-corrected chi connectivity index (χ1v) is 10.6. The van der Waals surface area contributed by atoms with E-state index in [0.717, 1.165) is 24.6 Å². The Labute approximate surface area is 183 Å². The van der Waals surface area contributed by atoms with Gasteiger partial charge in [0.15, 0.2) is 17.5 Å². The predicted molar refractivity (Wildman–Crippen MR) is 117 cm³/mol. The molecule has 0 saturated heterocycles. The molecule has 4 aromatic heterocycles. The SMILES string of the molecule is Cn1cccc1C(=O)N[C@H]1CCC[C@@H](Nc2nc(-c3c[nH]c4ncncc34)ncc2F)C1. The van der Waals surface area contributed by atoms with Gasteiger partial charge in [0, 0.05) is 48.7 Å². The minimum Gasteiger partial charge on any atom is -0.365 e. The molecule has 1 aliphatic rings. The molecular formula is C22H23FN8O. The lowest BCUT2D eigenvalue weighted by Crippen LogP contribution is -2.42. The van der Waals surface area contributed by atoms with Crippen LogP contribution in [0.25, 0.3) is 22.4 Å². The molecular weight excluding hydrogens is 411 g/mol. The van der Waals surface area contributed by atoms with Crippen molar-refractivity contribution in [3.63, 3.8) is 0 Å². The summed E-state index contributed by atoms with van der Waals surface area (Å²) >= 11 is 0. The average Bonchev–Trinajstić information content (AvgIpc) is 3.42.